The van der Waals surface area contributed by atoms with E-state index >= 15 is 0 Å². The first-order chi connectivity index (χ1) is 10.7. The lowest BCUT2D eigenvalue weighted by molar-refractivity contribution is -0.316. The van der Waals surface area contributed by atoms with E-state index in [2.05, 4.69) is 5.32 Å². The molecule has 0 aromatic heterocycles. The van der Waals surface area contributed by atoms with Gasteiger partial charge in [0, 0.05) is 18.4 Å². The second-order valence-electron chi connectivity index (χ2n) is 6.19. The Morgan fingerprint density at radius 1 is 1.05 bits per heavy atom. The minimum atomic E-state index is -1.10. The van der Waals surface area contributed by atoms with Crippen molar-refractivity contribution >= 4 is 11.9 Å². The lowest BCUT2D eigenvalue weighted by Crippen LogP contribution is -2.52. The van der Waals surface area contributed by atoms with Gasteiger partial charge in [-0.15, -0.1) is 0 Å². The van der Waals surface area contributed by atoms with E-state index < -0.39 is 17.8 Å². The molecule has 1 aromatic carbocycles. The van der Waals surface area contributed by atoms with Crippen LogP contribution in [-0.2, 0) is 16.0 Å². The van der Waals surface area contributed by atoms with Gasteiger partial charge in [-0.1, -0.05) is 42.5 Å². The molecule has 116 valence electrons. The summed E-state index contributed by atoms with van der Waals surface area (Å²) < 4.78 is 0. The van der Waals surface area contributed by atoms with Gasteiger partial charge in [-0.05, 0) is 36.7 Å². The van der Waals surface area contributed by atoms with Gasteiger partial charge in [0.15, 0.2) is 0 Å². The number of aliphatic carboxylic acids is 1. The molecule has 2 bridgehead atoms. The first kappa shape index (κ1) is 14.8. The molecule has 4 atom stereocenters. The van der Waals surface area contributed by atoms with Crippen molar-refractivity contribution in [1.29, 1.82) is 0 Å². The van der Waals surface area contributed by atoms with Crippen LogP contribution < -0.4 is 10.4 Å². The predicted octanol–water partition coefficient (Wildman–Crippen LogP) is 0.924. The number of amides is 1. The molecular formula is C18H20NO3-. The van der Waals surface area contributed by atoms with E-state index in [0.717, 1.165) is 24.8 Å². The summed E-state index contributed by atoms with van der Waals surface area (Å²) in [5.74, 6) is -2.43. The van der Waals surface area contributed by atoms with E-state index in [1.54, 1.807) is 0 Å². The van der Waals surface area contributed by atoms with Gasteiger partial charge in [-0.3, -0.25) is 4.79 Å². The topological polar surface area (TPSA) is 69.2 Å². The van der Waals surface area contributed by atoms with Gasteiger partial charge in [0.1, 0.15) is 0 Å². The highest BCUT2D eigenvalue weighted by atomic mass is 16.4. The molecule has 1 N–H and O–H groups in total. The molecule has 1 aromatic rings. The van der Waals surface area contributed by atoms with Gasteiger partial charge in [0.2, 0.25) is 5.91 Å². The fourth-order valence-electron chi connectivity index (χ4n) is 3.77. The van der Waals surface area contributed by atoms with Gasteiger partial charge in [-0.2, -0.15) is 0 Å². The third kappa shape index (κ3) is 2.91. The molecule has 4 nitrogen and oxygen atoms in total. The van der Waals surface area contributed by atoms with Crippen LogP contribution in [0.3, 0.4) is 0 Å². The summed E-state index contributed by atoms with van der Waals surface area (Å²) in [6.45, 7) is 0.528. The summed E-state index contributed by atoms with van der Waals surface area (Å²) in [5.41, 5.74) is 1.16. The molecule has 0 unspecified atom stereocenters. The number of hydrogen-bond donors (Lipinski definition) is 1. The molecule has 3 aliphatic carbocycles. The van der Waals surface area contributed by atoms with E-state index in [1.807, 2.05) is 42.5 Å². The lowest BCUT2D eigenvalue weighted by Gasteiger charge is -2.44. The van der Waals surface area contributed by atoms with Gasteiger partial charge in [0.05, 0.1) is 5.92 Å². The summed E-state index contributed by atoms with van der Waals surface area (Å²) in [6.07, 6.45) is 6.44. The number of allylic oxidation sites excluding steroid dienone is 2. The fraction of sp³-hybridized carbons (Fsp3) is 0.444. The first-order valence-electron chi connectivity index (χ1n) is 7.87. The second-order valence-corrected chi connectivity index (χ2v) is 6.19. The van der Waals surface area contributed by atoms with Crippen molar-refractivity contribution in [2.24, 2.45) is 23.7 Å². The lowest BCUT2D eigenvalue weighted by atomic mass is 9.62. The number of carboxylic acids is 1. The summed E-state index contributed by atoms with van der Waals surface area (Å²) >= 11 is 0. The molecule has 1 saturated carbocycles. The Balaban J connectivity index is 1.61. The molecule has 0 spiro atoms. The smallest absolute Gasteiger partial charge is 0.224 e. The van der Waals surface area contributed by atoms with E-state index in [9.17, 15) is 14.7 Å². The largest absolute Gasteiger partial charge is 0.550 e. The van der Waals surface area contributed by atoms with Gasteiger partial charge in [-0.25, -0.2) is 0 Å². The average molecular weight is 298 g/mol. The number of carboxylic acid groups (broad SMARTS) is 1. The molecule has 0 radical (unpaired) electrons. The Hall–Kier alpha value is -2.10. The maximum atomic E-state index is 12.5. The number of rotatable bonds is 5. The van der Waals surface area contributed by atoms with Crippen molar-refractivity contribution in [3.63, 3.8) is 0 Å². The quantitative estimate of drug-likeness (QED) is 0.822. The van der Waals surface area contributed by atoms with Gasteiger partial charge >= 0.3 is 0 Å². The van der Waals surface area contributed by atoms with Crippen molar-refractivity contribution < 1.29 is 14.7 Å². The molecule has 22 heavy (non-hydrogen) atoms. The van der Waals surface area contributed by atoms with Gasteiger partial charge in [0.25, 0.3) is 0 Å². The van der Waals surface area contributed by atoms with E-state index in [1.165, 1.54) is 0 Å². The van der Waals surface area contributed by atoms with Crippen LogP contribution >= 0.6 is 0 Å². The first-order valence-corrected chi connectivity index (χ1v) is 7.87. The molecule has 1 fully saturated rings. The fourth-order valence-corrected chi connectivity index (χ4v) is 3.77. The normalized spacial score (nSPS) is 29.3. The number of carbonyl (C=O) groups excluding carboxylic acids is 2. The number of nitrogens with one attached hydrogen (secondary N) is 1. The van der Waals surface area contributed by atoms with Crippen molar-refractivity contribution in [2.75, 3.05) is 6.54 Å². The third-order valence-corrected chi connectivity index (χ3v) is 4.88. The minimum Gasteiger partial charge on any atom is -0.550 e. The van der Waals surface area contributed by atoms with Gasteiger partial charge < -0.3 is 15.2 Å². The Bertz CT molecular complexity index is 581. The standard InChI is InChI=1S/C18H21NO3/c20-17(19-11-10-12-4-2-1-3-5-12)15-13-6-8-14(9-7-13)16(15)18(21)22/h1-6,8,13-16H,7,9-11H2,(H,19,20)(H,21,22)/p-1/t13-,14+,15+,16+/m1/s1. The molecular weight excluding hydrogens is 278 g/mol. The van der Waals surface area contributed by atoms with E-state index in [0.29, 0.717) is 6.54 Å². The summed E-state index contributed by atoms with van der Waals surface area (Å²) in [7, 11) is 0. The molecule has 0 heterocycles. The highest BCUT2D eigenvalue weighted by Crippen LogP contribution is 2.44. The van der Waals surface area contributed by atoms with Crippen molar-refractivity contribution in [2.45, 2.75) is 19.3 Å². The summed E-state index contributed by atoms with van der Waals surface area (Å²) in [5, 5.41) is 14.3. The Morgan fingerprint density at radius 3 is 2.27 bits per heavy atom. The van der Waals surface area contributed by atoms with Crippen LogP contribution in [0.4, 0.5) is 0 Å². The van der Waals surface area contributed by atoms with Crippen LogP contribution in [0.15, 0.2) is 42.5 Å². The number of hydrogen-bond acceptors (Lipinski definition) is 3. The molecule has 4 heteroatoms. The third-order valence-electron chi connectivity index (χ3n) is 4.88. The second kappa shape index (κ2) is 6.34. The predicted molar refractivity (Wildman–Crippen MR) is 80.5 cm³/mol. The summed E-state index contributed by atoms with van der Waals surface area (Å²) in [4.78, 5) is 23.9. The van der Waals surface area contributed by atoms with E-state index in [-0.39, 0.29) is 17.7 Å². The van der Waals surface area contributed by atoms with Crippen LogP contribution in [0.1, 0.15) is 18.4 Å². The van der Waals surface area contributed by atoms with Crippen LogP contribution in [0.25, 0.3) is 0 Å². The Kier molecular flexibility index (Phi) is 4.27. The van der Waals surface area contributed by atoms with Crippen LogP contribution in [-0.4, -0.2) is 18.4 Å². The Labute approximate surface area is 130 Å². The molecule has 4 rings (SSSR count). The van der Waals surface area contributed by atoms with Crippen molar-refractivity contribution in [1.82, 2.24) is 5.32 Å². The zero-order chi connectivity index (χ0) is 15.5. The van der Waals surface area contributed by atoms with E-state index in [4.69, 9.17) is 0 Å². The van der Waals surface area contributed by atoms with Crippen LogP contribution in [0.5, 0.6) is 0 Å². The number of benzene rings is 1. The zero-order valence-corrected chi connectivity index (χ0v) is 12.4. The molecule has 1 amide bonds. The minimum absolute atomic E-state index is 0.0321. The Morgan fingerprint density at radius 2 is 1.68 bits per heavy atom. The highest BCUT2D eigenvalue weighted by molar-refractivity contribution is 5.85. The summed E-state index contributed by atoms with van der Waals surface area (Å²) in [6, 6.07) is 9.92. The average Bonchev–Trinajstić information content (AvgIpc) is 2.55. The highest BCUT2D eigenvalue weighted by Gasteiger charge is 2.44. The molecule has 0 saturated heterocycles. The maximum absolute atomic E-state index is 12.5. The molecule has 3 aliphatic rings. The van der Waals surface area contributed by atoms with Crippen molar-refractivity contribution in [3.8, 4) is 0 Å². The zero-order valence-electron chi connectivity index (χ0n) is 12.4. The SMILES string of the molecule is O=C(NCCc1ccccc1)[C@@H]1[C@@H](C(=O)[O-])[C@H]2C=C[C@@H]1CC2. The number of carbonyl (C=O) groups is 2. The van der Waals surface area contributed by atoms with Crippen LogP contribution in [0.2, 0.25) is 0 Å². The van der Waals surface area contributed by atoms with Crippen molar-refractivity contribution in [3.05, 3.63) is 48.0 Å². The number of fused-ring (bicyclic) bond motifs is 2. The van der Waals surface area contributed by atoms with Crippen LogP contribution in [0, 0.1) is 23.7 Å². The molecule has 0 aliphatic heterocycles. The monoisotopic (exact) mass is 298 g/mol. The maximum Gasteiger partial charge on any atom is 0.224 e.